The van der Waals surface area contributed by atoms with Gasteiger partial charge in [0.25, 0.3) is 0 Å². The molecule has 3 rings (SSSR count). The van der Waals surface area contributed by atoms with E-state index in [4.69, 9.17) is 4.42 Å². The summed E-state index contributed by atoms with van der Waals surface area (Å²) in [5.74, 6) is -5.17. The summed E-state index contributed by atoms with van der Waals surface area (Å²) in [6.45, 7) is 1.51. The summed E-state index contributed by atoms with van der Waals surface area (Å²) in [6.07, 6.45) is 3.04. The predicted octanol–water partition coefficient (Wildman–Crippen LogP) is 2.57. The van der Waals surface area contributed by atoms with Crippen LogP contribution in [0.15, 0.2) is 46.4 Å². The van der Waals surface area contributed by atoms with E-state index in [0.29, 0.717) is 23.5 Å². The van der Waals surface area contributed by atoms with Gasteiger partial charge in [0.2, 0.25) is 11.8 Å². The second-order valence-electron chi connectivity index (χ2n) is 6.07. The van der Waals surface area contributed by atoms with Gasteiger partial charge in [-0.2, -0.15) is 0 Å². The van der Waals surface area contributed by atoms with Gasteiger partial charge in [-0.05, 0) is 31.2 Å². The second kappa shape index (κ2) is 9.48. The molecule has 0 spiro atoms. The average molecular weight is 439 g/mol. The van der Waals surface area contributed by atoms with Gasteiger partial charge in [0.05, 0.1) is 30.3 Å². The van der Waals surface area contributed by atoms with E-state index in [9.17, 15) is 22.8 Å². The van der Waals surface area contributed by atoms with E-state index in [0.717, 1.165) is 17.8 Å². The molecule has 1 aromatic carbocycles. The minimum Gasteiger partial charge on any atom is -0.467 e. The summed E-state index contributed by atoms with van der Waals surface area (Å²) < 4.78 is 46.7. The highest BCUT2D eigenvalue weighted by Gasteiger charge is 2.20. The summed E-state index contributed by atoms with van der Waals surface area (Å²) in [5, 5.41) is 12.1. The lowest BCUT2D eigenvalue weighted by molar-refractivity contribution is -0.123. The van der Waals surface area contributed by atoms with Crippen molar-refractivity contribution in [1.82, 2.24) is 20.1 Å². The van der Waals surface area contributed by atoms with Crippen LogP contribution < -0.4 is 10.6 Å². The molecular formula is C18H16F3N5O3S. The number of thioether (sulfide) groups is 1. The smallest absolute Gasteiger partial charge is 0.243 e. The van der Waals surface area contributed by atoms with Crippen LogP contribution in [0.1, 0.15) is 12.7 Å². The number of carbonyl (C=O) groups excluding carboxylic acids is 2. The third-order valence-corrected chi connectivity index (χ3v) is 4.96. The average Bonchev–Trinajstić information content (AvgIpc) is 3.39. The lowest BCUT2D eigenvalue weighted by atomic mass is 10.2. The molecule has 0 fully saturated rings. The molecule has 0 aliphatic carbocycles. The van der Waals surface area contributed by atoms with E-state index in [-0.39, 0.29) is 0 Å². The highest BCUT2D eigenvalue weighted by atomic mass is 32.2. The van der Waals surface area contributed by atoms with Crippen molar-refractivity contribution in [2.75, 3.05) is 11.9 Å². The Kier molecular flexibility index (Phi) is 6.77. The highest BCUT2D eigenvalue weighted by Crippen LogP contribution is 2.22. The number of anilines is 1. The van der Waals surface area contributed by atoms with E-state index in [1.54, 1.807) is 29.9 Å². The van der Waals surface area contributed by atoms with Crippen LogP contribution in [-0.4, -0.2) is 38.4 Å². The fourth-order valence-corrected chi connectivity index (χ4v) is 3.20. The molecule has 0 aliphatic heterocycles. The molecule has 2 aromatic heterocycles. The van der Waals surface area contributed by atoms with Crippen molar-refractivity contribution in [3.8, 4) is 0 Å². The number of nitrogens with zero attached hydrogens (tertiary/aromatic N) is 3. The minimum absolute atomic E-state index is 0.388. The number of halogens is 3. The van der Waals surface area contributed by atoms with Gasteiger partial charge in [-0.15, -0.1) is 10.2 Å². The maximum atomic E-state index is 13.6. The number of benzene rings is 1. The molecule has 0 aliphatic rings. The van der Waals surface area contributed by atoms with Crippen molar-refractivity contribution < 1.29 is 27.2 Å². The molecule has 2 heterocycles. The van der Waals surface area contributed by atoms with Crippen molar-refractivity contribution in [1.29, 1.82) is 0 Å². The van der Waals surface area contributed by atoms with Crippen molar-refractivity contribution in [3.05, 3.63) is 60.1 Å². The van der Waals surface area contributed by atoms with Crippen LogP contribution in [0.5, 0.6) is 0 Å². The molecule has 0 saturated carbocycles. The van der Waals surface area contributed by atoms with Gasteiger partial charge < -0.3 is 19.6 Å². The number of furan rings is 1. The van der Waals surface area contributed by atoms with Crippen LogP contribution in [-0.2, 0) is 16.1 Å². The number of aromatic nitrogens is 3. The third kappa shape index (κ3) is 5.20. The zero-order valence-corrected chi connectivity index (χ0v) is 16.4. The van der Waals surface area contributed by atoms with Crippen LogP contribution in [0.2, 0.25) is 0 Å². The van der Waals surface area contributed by atoms with Crippen LogP contribution in [0.4, 0.5) is 18.9 Å². The summed E-state index contributed by atoms with van der Waals surface area (Å²) in [6, 6.07) is 5.11. The van der Waals surface area contributed by atoms with Gasteiger partial charge in [-0.1, -0.05) is 11.8 Å². The number of nitrogens with one attached hydrogen (secondary N) is 2. The van der Waals surface area contributed by atoms with Crippen molar-refractivity contribution >= 4 is 29.3 Å². The Labute approximate surface area is 172 Å². The number of rotatable bonds is 8. The van der Waals surface area contributed by atoms with E-state index >= 15 is 0 Å². The summed E-state index contributed by atoms with van der Waals surface area (Å²) in [4.78, 5) is 24.1. The SMILES string of the molecule is CC(Sc1nncn1Cc1ccco1)C(=O)NCC(=O)Nc1ccc(F)c(F)c1F. The van der Waals surface area contributed by atoms with Crippen LogP contribution in [0.25, 0.3) is 0 Å². The molecule has 2 N–H and O–H groups in total. The quantitative estimate of drug-likeness (QED) is 0.413. The summed E-state index contributed by atoms with van der Waals surface area (Å²) in [7, 11) is 0. The van der Waals surface area contributed by atoms with Crippen molar-refractivity contribution in [3.63, 3.8) is 0 Å². The van der Waals surface area contributed by atoms with Gasteiger partial charge in [-0.3, -0.25) is 9.59 Å². The van der Waals surface area contributed by atoms with Gasteiger partial charge in [-0.25, -0.2) is 13.2 Å². The monoisotopic (exact) mass is 439 g/mol. The molecule has 30 heavy (non-hydrogen) atoms. The van der Waals surface area contributed by atoms with E-state index in [2.05, 4.69) is 20.8 Å². The van der Waals surface area contributed by atoms with E-state index < -0.39 is 46.7 Å². The Bertz CT molecular complexity index is 1040. The Hall–Kier alpha value is -3.28. The first-order chi connectivity index (χ1) is 14.3. The van der Waals surface area contributed by atoms with Gasteiger partial charge >= 0.3 is 0 Å². The Balaban J connectivity index is 1.51. The topological polar surface area (TPSA) is 102 Å². The standard InChI is InChI=1S/C18H16F3N5O3S/c1-10(30-18-25-23-9-26(18)8-11-3-2-6-29-11)17(28)22-7-14(27)24-13-5-4-12(19)15(20)16(13)21/h2-6,9-10H,7-8H2,1H3,(H,22,28)(H,24,27). The molecule has 0 radical (unpaired) electrons. The first-order valence-corrected chi connectivity index (χ1v) is 9.51. The lowest BCUT2D eigenvalue weighted by Gasteiger charge is -2.12. The first kappa shape index (κ1) is 21.4. The fourth-order valence-electron chi connectivity index (χ4n) is 2.35. The molecule has 1 atom stereocenters. The summed E-state index contributed by atoms with van der Waals surface area (Å²) >= 11 is 1.12. The predicted molar refractivity (Wildman–Crippen MR) is 101 cm³/mol. The number of carbonyl (C=O) groups is 2. The second-order valence-corrected chi connectivity index (χ2v) is 7.38. The van der Waals surface area contributed by atoms with Gasteiger partial charge in [0.15, 0.2) is 22.6 Å². The van der Waals surface area contributed by atoms with Gasteiger partial charge in [0.1, 0.15) is 12.1 Å². The minimum atomic E-state index is -1.69. The number of hydrogen-bond acceptors (Lipinski definition) is 6. The molecule has 158 valence electrons. The molecule has 8 nitrogen and oxygen atoms in total. The van der Waals surface area contributed by atoms with Crippen LogP contribution >= 0.6 is 11.8 Å². The van der Waals surface area contributed by atoms with Crippen LogP contribution in [0, 0.1) is 17.5 Å². The maximum absolute atomic E-state index is 13.6. The van der Waals surface area contributed by atoms with E-state index in [1.807, 2.05) is 0 Å². The molecule has 2 amide bonds. The molecule has 1 unspecified atom stereocenters. The molecule has 0 bridgehead atoms. The molecule has 12 heteroatoms. The third-order valence-electron chi connectivity index (χ3n) is 3.87. The first-order valence-electron chi connectivity index (χ1n) is 8.63. The lowest BCUT2D eigenvalue weighted by Crippen LogP contribution is -2.37. The maximum Gasteiger partial charge on any atom is 0.243 e. The largest absolute Gasteiger partial charge is 0.467 e. The Morgan fingerprint density at radius 3 is 2.77 bits per heavy atom. The van der Waals surface area contributed by atoms with Crippen LogP contribution in [0.3, 0.4) is 0 Å². The highest BCUT2D eigenvalue weighted by molar-refractivity contribution is 8.00. The van der Waals surface area contributed by atoms with Crippen molar-refractivity contribution in [2.24, 2.45) is 0 Å². The Morgan fingerprint density at radius 2 is 2.03 bits per heavy atom. The molecule has 0 saturated heterocycles. The number of amides is 2. The normalized spacial score (nSPS) is 11.9. The van der Waals surface area contributed by atoms with E-state index in [1.165, 1.54) is 6.33 Å². The number of hydrogen-bond donors (Lipinski definition) is 2. The van der Waals surface area contributed by atoms with Gasteiger partial charge in [0, 0.05) is 0 Å². The fraction of sp³-hybridized carbons (Fsp3) is 0.222. The Morgan fingerprint density at radius 1 is 1.23 bits per heavy atom. The molecular weight excluding hydrogens is 423 g/mol. The zero-order valence-electron chi connectivity index (χ0n) is 15.6. The zero-order chi connectivity index (χ0) is 21.7. The summed E-state index contributed by atoms with van der Waals surface area (Å²) in [5.41, 5.74) is -0.526. The molecule has 3 aromatic rings. The van der Waals surface area contributed by atoms with Crippen molar-refractivity contribution in [2.45, 2.75) is 23.9 Å².